The van der Waals surface area contributed by atoms with Crippen LogP contribution in [0.5, 0.6) is 0 Å². The summed E-state index contributed by atoms with van der Waals surface area (Å²) in [4.78, 5) is 23.2. The van der Waals surface area contributed by atoms with Crippen molar-refractivity contribution in [2.75, 3.05) is 5.32 Å². The second-order valence-electron chi connectivity index (χ2n) is 5.02. The zero-order valence-corrected chi connectivity index (χ0v) is 10.5. The molecule has 1 fully saturated rings. The number of hydrogen-bond donors (Lipinski definition) is 2. The fourth-order valence-electron chi connectivity index (χ4n) is 2.58. The zero-order chi connectivity index (χ0) is 13.3. The molecule has 6 nitrogen and oxygen atoms in total. The van der Waals surface area contributed by atoms with Crippen molar-refractivity contribution >= 4 is 17.6 Å². The van der Waals surface area contributed by atoms with Gasteiger partial charge in [0, 0.05) is 13.2 Å². The van der Waals surface area contributed by atoms with Crippen molar-refractivity contribution in [1.82, 2.24) is 9.78 Å². The van der Waals surface area contributed by atoms with E-state index in [2.05, 4.69) is 10.4 Å². The first kappa shape index (κ1) is 12.6. The summed E-state index contributed by atoms with van der Waals surface area (Å²) in [7, 11) is 1.76. The molecular formula is C12H17N3O3. The molecule has 2 N–H and O–H groups in total. The largest absolute Gasteiger partial charge is 0.481 e. The maximum atomic E-state index is 12.1. The van der Waals surface area contributed by atoms with E-state index in [-0.39, 0.29) is 11.8 Å². The van der Waals surface area contributed by atoms with Crippen molar-refractivity contribution in [3.05, 3.63) is 12.4 Å². The van der Waals surface area contributed by atoms with E-state index in [9.17, 15) is 9.59 Å². The summed E-state index contributed by atoms with van der Waals surface area (Å²) < 4.78 is 1.58. The smallest absolute Gasteiger partial charge is 0.307 e. The lowest BCUT2D eigenvalue weighted by Gasteiger charge is -2.14. The van der Waals surface area contributed by atoms with Crippen molar-refractivity contribution in [3.8, 4) is 0 Å². The lowest BCUT2D eigenvalue weighted by Crippen LogP contribution is -2.29. The van der Waals surface area contributed by atoms with Crippen LogP contribution in [0, 0.1) is 17.8 Å². The highest BCUT2D eigenvalue weighted by atomic mass is 16.4. The van der Waals surface area contributed by atoms with E-state index in [1.807, 2.05) is 6.92 Å². The van der Waals surface area contributed by atoms with Gasteiger partial charge in [0.05, 0.1) is 23.7 Å². The predicted octanol–water partition coefficient (Wildman–Crippen LogP) is 1.11. The standard InChI is InChI=1S/C12H17N3O3/c1-7-3-9(10(4-7)12(17)18)11(16)14-8-5-13-15(2)6-8/h5-7,9-10H,3-4H2,1-2H3,(H,14,16)(H,17,18)/t7?,9-,10+/m0/s1. The molecule has 0 radical (unpaired) electrons. The van der Waals surface area contributed by atoms with E-state index >= 15 is 0 Å². The maximum absolute atomic E-state index is 12.1. The minimum atomic E-state index is -0.884. The molecule has 0 bridgehead atoms. The van der Waals surface area contributed by atoms with E-state index in [4.69, 9.17) is 5.11 Å². The quantitative estimate of drug-likeness (QED) is 0.842. The Morgan fingerprint density at radius 3 is 2.67 bits per heavy atom. The summed E-state index contributed by atoms with van der Waals surface area (Å²) >= 11 is 0. The van der Waals surface area contributed by atoms with E-state index in [1.54, 1.807) is 24.1 Å². The second kappa shape index (κ2) is 4.80. The highest BCUT2D eigenvalue weighted by Crippen LogP contribution is 2.37. The van der Waals surface area contributed by atoms with Gasteiger partial charge in [-0.1, -0.05) is 6.92 Å². The van der Waals surface area contributed by atoms with E-state index in [1.165, 1.54) is 0 Å². The number of aromatic nitrogens is 2. The van der Waals surface area contributed by atoms with E-state index in [0.29, 0.717) is 18.5 Å². The predicted molar refractivity (Wildman–Crippen MR) is 64.9 cm³/mol. The minimum Gasteiger partial charge on any atom is -0.481 e. The number of aryl methyl sites for hydroxylation is 1. The van der Waals surface area contributed by atoms with Gasteiger partial charge in [-0.3, -0.25) is 14.3 Å². The third-order valence-electron chi connectivity index (χ3n) is 3.42. The van der Waals surface area contributed by atoms with Crippen LogP contribution in [0.25, 0.3) is 0 Å². The maximum Gasteiger partial charge on any atom is 0.307 e. The molecule has 1 unspecified atom stereocenters. The number of carbonyl (C=O) groups is 2. The molecule has 1 heterocycles. The molecule has 1 aromatic rings. The number of amides is 1. The average Bonchev–Trinajstić information content (AvgIpc) is 2.85. The van der Waals surface area contributed by atoms with Crippen LogP contribution in [0.3, 0.4) is 0 Å². The third kappa shape index (κ3) is 2.52. The molecule has 0 saturated heterocycles. The van der Waals surface area contributed by atoms with Crippen LogP contribution in [0.1, 0.15) is 19.8 Å². The van der Waals surface area contributed by atoms with Gasteiger partial charge in [-0.25, -0.2) is 0 Å². The number of carboxylic acids is 1. The van der Waals surface area contributed by atoms with Crippen molar-refractivity contribution in [3.63, 3.8) is 0 Å². The lowest BCUT2D eigenvalue weighted by molar-refractivity contribution is -0.145. The highest BCUT2D eigenvalue weighted by Gasteiger charge is 2.41. The number of anilines is 1. The Morgan fingerprint density at radius 1 is 1.44 bits per heavy atom. The van der Waals surface area contributed by atoms with Crippen LogP contribution in [0.4, 0.5) is 5.69 Å². The van der Waals surface area contributed by atoms with Gasteiger partial charge in [0.2, 0.25) is 5.91 Å². The second-order valence-corrected chi connectivity index (χ2v) is 5.02. The number of nitrogens with one attached hydrogen (secondary N) is 1. The van der Waals surface area contributed by atoms with Crippen molar-refractivity contribution < 1.29 is 14.7 Å². The molecule has 1 saturated carbocycles. The number of aliphatic carboxylic acids is 1. The number of nitrogens with zero attached hydrogens (tertiary/aromatic N) is 2. The Bertz CT molecular complexity index is 469. The zero-order valence-electron chi connectivity index (χ0n) is 10.5. The summed E-state index contributed by atoms with van der Waals surface area (Å²) in [5, 5.41) is 15.8. The molecule has 18 heavy (non-hydrogen) atoms. The first-order valence-electron chi connectivity index (χ1n) is 5.99. The van der Waals surface area contributed by atoms with Gasteiger partial charge in [0.25, 0.3) is 0 Å². The molecule has 2 rings (SSSR count). The molecule has 6 heteroatoms. The molecule has 0 aliphatic heterocycles. The molecule has 1 amide bonds. The Balaban J connectivity index is 2.06. The van der Waals surface area contributed by atoms with Crippen LogP contribution >= 0.6 is 0 Å². The number of hydrogen-bond acceptors (Lipinski definition) is 3. The summed E-state index contributed by atoms with van der Waals surface area (Å²) in [5.74, 6) is -1.85. The summed E-state index contributed by atoms with van der Waals surface area (Å²) in [5.41, 5.74) is 0.603. The van der Waals surface area contributed by atoms with E-state index in [0.717, 1.165) is 0 Å². The Kier molecular flexibility index (Phi) is 3.36. The molecule has 1 aromatic heterocycles. The number of carboxylic acid groups (broad SMARTS) is 1. The highest BCUT2D eigenvalue weighted by molar-refractivity contribution is 5.95. The topological polar surface area (TPSA) is 84.2 Å². The van der Waals surface area contributed by atoms with Gasteiger partial charge in [0.15, 0.2) is 0 Å². The monoisotopic (exact) mass is 251 g/mol. The van der Waals surface area contributed by atoms with Crippen molar-refractivity contribution in [1.29, 1.82) is 0 Å². The van der Waals surface area contributed by atoms with Crippen LogP contribution in [0.2, 0.25) is 0 Å². The Morgan fingerprint density at radius 2 is 2.11 bits per heavy atom. The molecule has 1 aliphatic rings. The van der Waals surface area contributed by atoms with Gasteiger partial charge >= 0.3 is 5.97 Å². The van der Waals surface area contributed by atoms with Gasteiger partial charge < -0.3 is 10.4 Å². The molecular weight excluding hydrogens is 234 g/mol. The van der Waals surface area contributed by atoms with Crippen molar-refractivity contribution in [2.45, 2.75) is 19.8 Å². The Hall–Kier alpha value is -1.85. The van der Waals surface area contributed by atoms with E-state index < -0.39 is 17.8 Å². The van der Waals surface area contributed by atoms with Gasteiger partial charge in [-0.05, 0) is 18.8 Å². The summed E-state index contributed by atoms with van der Waals surface area (Å²) in [6.07, 6.45) is 4.43. The first-order valence-corrected chi connectivity index (χ1v) is 5.99. The summed E-state index contributed by atoms with van der Waals surface area (Å²) in [6, 6.07) is 0. The van der Waals surface area contributed by atoms with Gasteiger partial charge in [0.1, 0.15) is 0 Å². The average molecular weight is 251 g/mol. The molecule has 0 aromatic carbocycles. The van der Waals surface area contributed by atoms with Gasteiger partial charge in [-0.2, -0.15) is 5.10 Å². The third-order valence-corrected chi connectivity index (χ3v) is 3.42. The lowest BCUT2D eigenvalue weighted by atomic mass is 9.95. The number of carbonyl (C=O) groups excluding carboxylic acids is 1. The SMILES string of the molecule is CC1C[C@H](C(=O)Nc2cnn(C)c2)[C@H](C(=O)O)C1. The van der Waals surface area contributed by atoms with Crippen LogP contribution in [-0.2, 0) is 16.6 Å². The normalized spacial score (nSPS) is 27.1. The van der Waals surface area contributed by atoms with Crippen LogP contribution in [0.15, 0.2) is 12.4 Å². The molecule has 1 aliphatic carbocycles. The Labute approximate surface area is 105 Å². The fourth-order valence-corrected chi connectivity index (χ4v) is 2.58. The van der Waals surface area contributed by atoms with Crippen LogP contribution in [-0.4, -0.2) is 26.8 Å². The molecule has 98 valence electrons. The number of rotatable bonds is 3. The first-order chi connectivity index (χ1) is 8.47. The van der Waals surface area contributed by atoms with Crippen molar-refractivity contribution in [2.24, 2.45) is 24.8 Å². The van der Waals surface area contributed by atoms with Crippen LogP contribution < -0.4 is 5.32 Å². The summed E-state index contributed by atoms with van der Waals surface area (Å²) in [6.45, 7) is 1.98. The van der Waals surface area contributed by atoms with Gasteiger partial charge in [-0.15, -0.1) is 0 Å². The fraction of sp³-hybridized carbons (Fsp3) is 0.583. The minimum absolute atomic E-state index is 0.222. The molecule has 0 spiro atoms. The molecule has 3 atom stereocenters.